The van der Waals surface area contributed by atoms with Crippen molar-refractivity contribution < 1.29 is 22.7 Å². The molecule has 0 unspecified atom stereocenters. The number of fused-ring (bicyclic) bond motifs is 1. The van der Waals surface area contributed by atoms with E-state index < -0.39 is 22.6 Å². The van der Waals surface area contributed by atoms with Crippen LogP contribution in [-0.4, -0.2) is 31.8 Å². The molecule has 2 aromatic carbocycles. The van der Waals surface area contributed by atoms with Crippen molar-refractivity contribution in [2.24, 2.45) is 5.14 Å². The number of ether oxygens (including phenoxy) is 1. The van der Waals surface area contributed by atoms with E-state index in [-0.39, 0.29) is 16.2 Å². The van der Waals surface area contributed by atoms with E-state index in [1.807, 2.05) is 25.1 Å². The second-order valence-corrected chi connectivity index (χ2v) is 7.95. The molecule has 146 valence electrons. The number of primary sulfonamides is 1. The lowest BCUT2D eigenvalue weighted by atomic mass is 10.1. The zero-order valence-electron chi connectivity index (χ0n) is 15.5. The number of hydrogen-bond donors (Lipinski definition) is 2. The number of esters is 1. The van der Waals surface area contributed by atoms with Crippen molar-refractivity contribution in [3.8, 4) is 0 Å². The molecule has 0 spiro atoms. The van der Waals surface area contributed by atoms with Crippen LogP contribution in [0.25, 0.3) is 10.9 Å². The number of carbonyl (C=O) groups is 2. The van der Waals surface area contributed by atoms with Crippen LogP contribution in [0.3, 0.4) is 0 Å². The Morgan fingerprint density at radius 1 is 1.18 bits per heavy atom. The quantitative estimate of drug-likeness (QED) is 0.487. The number of nitrogens with one attached hydrogen (secondary N) is 1. The van der Waals surface area contributed by atoms with E-state index in [9.17, 15) is 18.0 Å². The first-order valence-electron chi connectivity index (χ1n) is 8.65. The number of sulfonamides is 1. The molecule has 0 saturated carbocycles. The summed E-state index contributed by atoms with van der Waals surface area (Å²) in [6.07, 6.45) is 2.42. The van der Waals surface area contributed by atoms with Gasteiger partial charge in [0.2, 0.25) is 15.8 Å². The number of carbonyl (C=O) groups excluding carboxylic acids is 2. The monoisotopic (exact) mass is 400 g/mol. The fourth-order valence-electron chi connectivity index (χ4n) is 3.07. The van der Waals surface area contributed by atoms with Gasteiger partial charge in [0.25, 0.3) is 0 Å². The minimum absolute atomic E-state index is 0.00891. The summed E-state index contributed by atoms with van der Waals surface area (Å²) in [5.74, 6) is -1.15. The molecule has 8 heteroatoms. The molecule has 0 fully saturated rings. The third-order valence-electron chi connectivity index (χ3n) is 4.55. The Labute approximate surface area is 162 Å². The number of H-pyrrole nitrogens is 1. The van der Waals surface area contributed by atoms with Crippen LogP contribution in [0.15, 0.2) is 47.5 Å². The van der Waals surface area contributed by atoms with Crippen LogP contribution in [0, 0.1) is 6.92 Å². The van der Waals surface area contributed by atoms with Crippen LogP contribution in [-0.2, 0) is 21.2 Å². The first-order chi connectivity index (χ1) is 13.2. The highest BCUT2D eigenvalue weighted by Crippen LogP contribution is 2.23. The Morgan fingerprint density at radius 2 is 1.93 bits per heavy atom. The smallest absolute Gasteiger partial charge is 0.338 e. The van der Waals surface area contributed by atoms with Gasteiger partial charge in [-0.05, 0) is 36.6 Å². The van der Waals surface area contributed by atoms with Crippen LogP contribution in [0.1, 0.15) is 38.8 Å². The van der Waals surface area contributed by atoms with Gasteiger partial charge in [-0.3, -0.25) is 4.79 Å². The van der Waals surface area contributed by atoms with Gasteiger partial charge in [0.1, 0.15) is 0 Å². The molecule has 0 aliphatic heterocycles. The molecule has 0 radical (unpaired) electrons. The molecule has 0 bridgehead atoms. The van der Waals surface area contributed by atoms with Crippen molar-refractivity contribution in [2.75, 3.05) is 6.61 Å². The van der Waals surface area contributed by atoms with E-state index >= 15 is 0 Å². The summed E-state index contributed by atoms with van der Waals surface area (Å²) in [6.45, 7) is 3.14. The summed E-state index contributed by atoms with van der Waals surface area (Å²) < 4.78 is 28.3. The zero-order chi connectivity index (χ0) is 20.5. The average molecular weight is 400 g/mol. The molecule has 7 nitrogen and oxygen atoms in total. The van der Waals surface area contributed by atoms with Gasteiger partial charge in [0.05, 0.1) is 10.5 Å². The van der Waals surface area contributed by atoms with Gasteiger partial charge in [-0.15, -0.1) is 0 Å². The number of aromatic amines is 1. The number of hydrogen-bond acceptors (Lipinski definition) is 5. The van der Waals surface area contributed by atoms with Gasteiger partial charge >= 0.3 is 5.97 Å². The average Bonchev–Trinajstić information content (AvgIpc) is 3.09. The number of para-hydroxylation sites is 1. The molecule has 28 heavy (non-hydrogen) atoms. The van der Waals surface area contributed by atoms with Crippen molar-refractivity contribution in [1.29, 1.82) is 0 Å². The predicted molar refractivity (Wildman–Crippen MR) is 105 cm³/mol. The number of ketones is 1. The van der Waals surface area contributed by atoms with Crippen LogP contribution >= 0.6 is 0 Å². The molecular weight excluding hydrogens is 380 g/mol. The maximum absolute atomic E-state index is 12.5. The number of aryl methyl sites for hydroxylation is 2. The lowest BCUT2D eigenvalue weighted by Crippen LogP contribution is -2.17. The summed E-state index contributed by atoms with van der Waals surface area (Å²) in [7, 11) is -3.97. The molecule has 0 aliphatic rings. The van der Waals surface area contributed by atoms with Gasteiger partial charge in [-0.25, -0.2) is 18.4 Å². The first-order valence-corrected chi connectivity index (χ1v) is 10.2. The highest BCUT2D eigenvalue weighted by Gasteiger charge is 2.19. The van der Waals surface area contributed by atoms with E-state index in [0.29, 0.717) is 11.1 Å². The lowest BCUT2D eigenvalue weighted by molar-refractivity contribution is 0.0475. The molecule has 1 aromatic heterocycles. The highest BCUT2D eigenvalue weighted by atomic mass is 32.2. The fourth-order valence-corrected chi connectivity index (χ4v) is 3.88. The highest BCUT2D eigenvalue weighted by molar-refractivity contribution is 7.89. The minimum Gasteiger partial charge on any atom is -0.454 e. The second kappa shape index (κ2) is 7.57. The number of benzene rings is 2. The van der Waals surface area contributed by atoms with Gasteiger partial charge in [-0.1, -0.05) is 31.2 Å². The van der Waals surface area contributed by atoms with Crippen molar-refractivity contribution in [3.63, 3.8) is 0 Å². The Kier molecular flexibility index (Phi) is 5.35. The van der Waals surface area contributed by atoms with Crippen molar-refractivity contribution >= 4 is 32.7 Å². The molecule has 0 aliphatic carbocycles. The Bertz CT molecular complexity index is 1180. The Morgan fingerprint density at radius 3 is 2.61 bits per heavy atom. The summed E-state index contributed by atoms with van der Waals surface area (Å²) in [5.41, 5.74) is 2.84. The van der Waals surface area contributed by atoms with Gasteiger partial charge in [0.15, 0.2) is 6.61 Å². The molecule has 0 amide bonds. The minimum atomic E-state index is -3.97. The number of rotatable bonds is 6. The number of nitrogens with two attached hydrogens (primary N) is 1. The third-order valence-corrected chi connectivity index (χ3v) is 5.60. The zero-order valence-corrected chi connectivity index (χ0v) is 16.3. The van der Waals surface area contributed by atoms with E-state index in [1.54, 1.807) is 13.1 Å². The van der Waals surface area contributed by atoms with Gasteiger partial charge in [-0.2, -0.15) is 0 Å². The van der Waals surface area contributed by atoms with Crippen LogP contribution in [0.4, 0.5) is 0 Å². The third kappa shape index (κ3) is 3.83. The fraction of sp³-hybridized carbons (Fsp3) is 0.200. The number of aromatic nitrogens is 1. The normalized spacial score (nSPS) is 11.5. The van der Waals surface area contributed by atoms with Crippen molar-refractivity contribution in [1.82, 2.24) is 4.98 Å². The molecular formula is C20H20N2O5S. The van der Waals surface area contributed by atoms with Crippen molar-refractivity contribution in [2.45, 2.75) is 25.2 Å². The predicted octanol–water partition coefficient (Wildman–Crippen LogP) is 2.73. The van der Waals surface area contributed by atoms with E-state index in [4.69, 9.17) is 9.88 Å². The van der Waals surface area contributed by atoms with E-state index in [0.717, 1.165) is 29.0 Å². The summed E-state index contributed by atoms with van der Waals surface area (Å²) in [5, 5.41) is 5.92. The van der Waals surface area contributed by atoms with Crippen LogP contribution in [0.2, 0.25) is 0 Å². The topological polar surface area (TPSA) is 119 Å². The van der Waals surface area contributed by atoms with Gasteiger partial charge in [0, 0.05) is 22.7 Å². The Balaban J connectivity index is 1.78. The van der Waals surface area contributed by atoms with E-state index in [1.165, 1.54) is 12.1 Å². The molecule has 0 saturated heterocycles. The van der Waals surface area contributed by atoms with Crippen LogP contribution in [0.5, 0.6) is 0 Å². The largest absolute Gasteiger partial charge is 0.454 e. The maximum Gasteiger partial charge on any atom is 0.338 e. The summed E-state index contributed by atoms with van der Waals surface area (Å²) >= 11 is 0. The first kappa shape index (κ1) is 19.8. The second-order valence-electron chi connectivity index (χ2n) is 6.42. The molecule has 3 aromatic rings. The summed E-state index contributed by atoms with van der Waals surface area (Å²) in [6, 6.07) is 9.72. The standard InChI is InChI=1S/C20H20N2O5S/c1-3-13-5-4-6-15-16(10-22-19(13)15)17(23)11-27-20(24)14-8-7-12(2)18(9-14)28(21,25)26/h4-10,22H,3,11H2,1-2H3,(H2,21,25,26). The molecule has 3 rings (SSSR count). The lowest BCUT2D eigenvalue weighted by Gasteiger charge is -2.07. The Hall–Kier alpha value is -2.97. The van der Waals surface area contributed by atoms with Crippen molar-refractivity contribution in [3.05, 3.63) is 64.8 Å². The SMILES string of the molecule is CCc1cccc2c(C(=O)COC(=O)c3ccc(C)c(S(N)(=O)=O)c3)c[nH]c12. The maximum atomic E-state index is 12.5. The summed E-state index contributed by atoms with van der Waals surface area (Å²) in [4.78, 5) is 27.7. The van der Waals surface area contributed by atoms with E-state index in [2.05, 4.69) is 4.98 Å². The molecule has 0 atom stereocenters. The van der Waals surface area contributed by atoms with Crippen LogP contribution < -0.4 is 5.14 Å². The molecule has 3 N–H and O–H groups in total. The number of Topliss-reactive ketones (excluding diaryl/α,β-unsaturated/α-hetero) is 1. The molecule has 1 heterocycles. The van der Waals surface area contributed by atoms with Gasteiger partial charge < -0.3 is 9.72 Å².